The number of aromatic nitrogens is 1. The normalized spacial score (nSPS) is 11.9. The predicted octanol–water partition coefficient (Wildman–Crippen LogP) is 8.45. The molecule has 5 aromatic carbocycles. The highest BCUT2D eigenvalue weighted by Crippen LogP contribution is 2.44. The van der Waals surface area contributed by atoms with Gasteiger partial charge in [-0.05, 0) is 58.7 Å². The average molecular weight is 429 g/mol. The number of hydrogen-bond donors (Lipinski definition) is 0. The Labute approximate surface area is 188 Å². The van der Waals surface area contributed by atoms with Crippen molar-refractivity contribution in [3.05, 3.63) is 115 Å². The molecular weight excluding hydrogens is 412 g/mol. The number of benzene rings is 5. The molecule has 2 aromatic heterocycles. The largest absolute Gasteiger partial charge is 0.308 e. The van der Waals surface area contributed by atoms with Crippen LogP contribution in [0.1, 0.15) is 0 Å². The third-order valence-electron chi connectivity index (χ3n) is 6.68. The Kier molecular flexibility index (Phi) is 3.68. The van der Waals surface area contributed by atoms with E-state index in [1.165, 1.54) is 51.3 Å². The van der Waals surface area contributed by atoms with Crippen LogP contribution in [-0.2, 0) is 0 Å². The Balaban J connectivity index is 1.64. The van der Waals surface area contributed by atoms with Crippen molar-refractivity contribution < 1.29 is 8.78 Å². The quantitative estimate of drug-likeness (QED) is 0.260. The molecule has 0 atom stereocenters. The summed E-state index contributed by atoms with van der Waals surface area (Å²) in [6, 6.07) is 32.4. The molecule has 0 radical (unpaired) electrons. The van der Waals surface area contributed by atoms with E-state index in [1.807, 2.05) is 24.3 Å². The lowest BCUT2D eigenvalue weighted by Crippen LogP contribution is -1.85. The second-order valence-electron chi connectivity index (χ2n) is 8.45. The van der Waals surface area contributed by atoms with Gasteiger partial charge in [-0.2, -0.15) is 0 Å². The molecule has 33 heavy (non-hydrogen) atoms. The van der Waals surface area contributed by atoms with Gasteiger partial charge in [-0.1, -0.05) is 66.7 Å². The van der Waals surface area contributed by atoms with Crippen LogP contribution in [0.2, 0.25) is 0 Å². The zero-order chi connectivity index (χ0) is 22.1. The van der Waals surface area contributed by atoms with Gasteiger partial charge in [0.2, 0.25) is 0 Å². The van der Waals surface area contributed by atoms with Crippen molar-refractivity contribution >= 4 is 38.1 Å². The van der Waals surface area contributed by atoms with Crippen LogP contribution < -0.4 is 0 Å². The standard InChI is InChI=1S/C30H17F2N/c31-20-14-10-18(11-15-20)22-4-2-8-26-28(22)24-6-1-7-25-29-23(19-12-16-21(32)17-13-19)5-3-9-27(29)33(26)30(24)25/h1-17H. The summed E-state index contributed by atoms with van der Waals surface area (Å²) in [6.07, 6.45) is 0. The first kappa shape index (κ1) is 18.3. The van der Waals surface area contributed by atoms with Crippen LogP contribution in [0, 0.1) is 11.6 Å². The van der Waals surface area contributed by atoms with E-state index in [1.54, 1.807) is 0 Å². The van der Waals surface area contributed by atoms with E-state index in [-0.39, 0.29) is 11.6 Å². The maximum atomic E-state index is 13.6. The molecule has 0 aliphatic heterocycles. The highest BCUT2D eigenvalue weighted by molar-refractivity contribution is 6.27. The molecule has 156 valence electrons. The molecule has 0 spiro atoms. The summed E-state index contributed by atoms with van der Waals surface area (Å²) in [7, 11) is 0. The summed E-state index contributed by atoms with van der Waals surface area (Å²) in [6.45, 7) is 0. The Hall–Kier alpha value is -4.24. The first-order valence-electron chi connectivity index (χ1n) is 10.9. The lowest BCUT2D eigenvalue weighted by molar-refractivity contribution is 0.627. The SMILES string of the molecule is Fc1ccc(-c2cccc3c2c2cccc4c5c(-c6ccc(F)cc6)cccc5n3c24)cc1. The zero-order valence-electron chi connectivity index (χ0n) is 17.5. The van der Waals surface area contributed by atoms with Gasteiger partial charge < -0.3 is 4.40 Å². The Morgan fingerprint density at radius 3 is 1.33 bits per heavy atom. The molecule has 1 nitrogen and oxygen atoms in total. The minimum Gasteiger partial charge on any atom is -0.308 e. The van der Waals surface area contributed by atoms with Crippen LogP contribution in [0.15, 0.2) is 103 Å². The Bertz CT molecular complexity index is 1680. The molecule has 0 unspecified atom stereocenters. The van der Waals surface area contributed by atoms with Crippen molar-refractivity contribution in [1.29, 1.82) is 0 Å². The molecule has 0 amide bonds. The fourth-order valence-electron chi connectivity index (χ4n) is 5.32. The summed E-state index contributed by atoms with van der Waals surface area (Å²) in [5.41, 5.74) is 7.58. The molecule has 0 aliphatic carbocycles. The molecule has 0 aliphatic rings. The number of nitrogens with zero attached hydrogens (tertiary/aromatic N) is 1. The monoisotopic (exact) mass is 429 g/mol. The van der Waals surface area contributed by atoms with E-state index in [0.29, 0.717) is 0 Å². The number of hydrogen-bond acceptors (Lipinski definition) is 0. The predicted molar refractivity (Wildman–Crippen MR) is 132 cm³/mol. The molecule has 0 saturated carbocycles. The Morgan fingerprint density at radius 1 is 0.455 bits per heavy atom. The van der Waals surface area contributed by atoms with Gasteiger partial charge in [-0.3, -0.25) is 0 Å². The van der Waals surface area contributed by atoms with Crippen molar-refractivity contribution in [3.63, 3.8) is 0 Å². The first-order chi connectivity index (χ1) is 16.2. The van der Waals surface area contributed by atoms with E-state index in [4.69, 9.17) is 0 Å². The molecule has 0 N–H and O–H groups in total. The highest BCUT2D eigenvalue weighted by atomic mass is 19.1. The third kappa shape index (κ3) is 2.50. The van der Waals surface area contributed by atoms with Gasteiger partial charge >= 0.3 is 0 Å². The van der Waals surface area contributed by atoms with Crippen LogP contribution in [0.25, 0.3) is 60.3 Å². The second-order valence-corrected chi connectivity index (χ2v) is 8.45. The van der Waals surface area contributed by atoms with Crippen LogP contribution in [0.5, 0.6) is 0 Å². The minimum absolute atomic E-state index is 0.237. The fraction of sp³-hybridized carbons (Fsp3) is 0. The molecule has 0 fully saturated rings. The molecule has 7 aromatic rings. The maximum absolute atomic E-state index is 13.6. The van der Waals surface area contributed by atoms with E-state index < -0.39 is 0 Å². The van der Waals surface area contributed by atoms with Crippen LogP contribution in [-0.4, -0.2) is 4.40 Å². The van der Waals surface area contributed by atoms with Crippen molar-refractivity contribution in [2.45, 2.75) is 0 Å². The molecular formula is C30H17F2N. The van der Waals surface area contributed by atoms with Crippen molar-refractivity contribution in [3.8, 4) is 22.3 Å². The van der Waals surface area contributed by atoms with Gasteiger partial charge in [0.15, 0.2) is 0 Å². The van der Waals surface area contributed by atoms with E-state index in [9.17, 15) is 8.78 Å². The summed E-state index contributed by atoms with van der Waals surface area (Å²) in [4.78, 5) is 0. The lowest BCUT2D eigenvalue weighted by atomic mass is 9.96. The van der Waals surface area contributed by atoms with Gasteiger partial charge in [0, 0.05) is 21.5 Å². The number of halogens is 2. The molecule has 7 rings (SSSR count). The molecule has 2 heterocycles. The van der Waals surface area contributed by atoms with Gasteiger partial charge in [0.25, 0.3) is 0 Å². The first-order valence-corrected chi connectivity index (χ1v) is 10.9. The van der Waals surface area contributed by atoms with Crippen LogP contribution >= 0.6 is 0 Å². The third-order valence-corrected chi connectivity index (χ3v) is 6.68. The van der Waals surface area contributed by atoms with Gasteiger partial charge in [0.05, 0.1) is 16.6 Å². The van der Waals surface area contributed by atoms with E-state index >= 15 is 0 Å². The Morgan fingerprint density at radius 2 is 0.879 bits per heavy atom. The summed E-state index contributed by atoms with van der Waals surface area (Å²) in [5, 5.41) is 4.67. The molecule has 0 saturated heterocycles. The lowest BCUT2D eigenvalue weighted by Gasteiger charge is -2.08. The van der Waals surface area contributed by atoms with Crippen LogP contribution in [0.3, 0.4) is 0 Å². The van der Waals surface area contributed by atoms with E-state index in [0.717, 1.165) is 33.3 Å². The smallest absolute Gasteiger partial charge is 0.123 e. The minimum atomic E-state index is -0.237. The van der Waals surface area contributed by atoms with E-state index in [2.05, 4.69) is 59.0 Å². The summed E-state index contributed by atoms with van der Waals surface area (Å²) >= 11 is 0. The average Bonchev–Trinajstić information content (AvgIpc) is 3.37. The maximum Gasteiger partial charge on any atom is 0.123 e. The summed E-state index contributed by atoms with van der Waals surface area (Å²) in [5.74, 6) is -0.474. The number of para-hydroxylation sites is 1. The van der Waals surface area contributed by atoms with Gasteiger partial charge in [-0.15, -0.1) is 0 Å². The number of rotatable bonds is 2. The van der Waals surface area contributed by atoms with Gasteiger partial charge in [0.1, 0.15) is 11.6 Å². The number of fused-ring (bicyclic) bond motifs is 6. The molecule has 3 heteroatoms. The highest BCUT2D eigenvalue weighted by Gasteiger charge is 2.21. The second kappa shape index (κ2) is 6.63. The fourth-order valence-corrected chi connectivity index (χ4v) is 5.32. The van der Waals surface area contributed by atoms with Crippen molar-refractivity contribution in [1.82, 2.24) is 4.40 Å². The molecule has 0 bridgehead atoms. The van der Waals surface area contributed by atoms with Gasteiger partial charge in [-0.25, -0.2) is 8.78 Å². The van der Waals surface area contributed by atoms with Crippen LogP contribution in [0.4, 0.5) is 8.78 Å². The van der Waals surface area contributed by atoms with Crippen molar-refractivity contribution in [2.75, 3.05) is 0 Å². The zero-order valence-corrected chi connectivity index (χ0v) is 17.5. The van der Waals surface area contributed by atoms with Crippen molar-refractivity contribution in [2.24, 2.45) is 0 Å². The topological polar surface area (TPSA) is 4.41 Å². The summed E-state index contributed by atoms with van der Waals surface area (Å²) < 4.78 is 29.5.